The molecule has 0 aliphatic heterocycles. The molecule has 0 aromatic heterocycles. The van der Waals surface area contributed by atoms with Crippen LogP contribution in [0.4, 0.5) is 0 Å². The summed E-state index contributed by atoms with van der Waals surface area (Å²) in [7, 11) is 0. The molecule has 3 heteroatoms. The maximum atomic E-state index is 9.15. The molecule has 3 nitrogen and oxygen atoms in total. The van der Waals surface area contributed by atoms with Crippen molar-refractivity contribution in [2.45, 2.75) is 27.4 Å². The third-order valence-corrected chi connectivity index (χ3v) is 2.26. The monoisotopic (exact) mass is 221 g/mol. The summed E-state index contributed by atoms with van der Waals surface area (Å²) in [5, 5.41) is 13.1. The molecule has 0 bridgehead atoms. The minimum absolute atomic E-state index is 0.0711. The standard InChI is InChI=1S/C13H19NO2/c1-13(2,3)12(9-15)14-16-10-11-7-5-4-6-8-11/h4-8,15H,9-10H2,1-3H3. The lowest BCUT2D eigenvalue weighted by atomic mass is 9.91. The molecule has 0 saturated carbocycles. The zero-order chi connectivity index (χ0) is 12.0. The van der Waals surface area contributed by atoms with Crippen LogP contribution in [0.25, 0.3) is 0 Å². The Kier molecular flexibility index (Phi) is 4.50. The SMILES string of the molecule is CC(C)(C)C(CO)=NOCc1ccccc1. The minimum atomic E-state index is -0.161. The predicted octanol–water partition coefficient (Wildman–Crippen LogP) is 2.60. The van der Waals surface area contributed by atoms with E-state index in [1.165, 1.54) is 0 Å². The fraction of sp³-hybridized carbons (Fsp3) is 0.462. The van der Waals surface area contributed by atoms with E-state index in [1.807, 2.05) is 51.1 Å². The Balaban J connectivity index is 2.53. The second-order valence-electron chi connectivity index (χ2n) is 4.71. The van der Waals surface area contributed by atoms with Crippen LogP contribution in [0, 0.1) is 5.41 Å². The van der Waals surface area contributed by atoms with Gasteiger partial charge in [0.15, 0.2) is 0 Å². The van der Waals surface area contributed by atoms with Crippen LogP contribution in [-0.4, -0.2) is 17.4 Å². The zero-order valence-electron chi connectivity index (χ0n) is 10.1. The number of benzene rings is 1. The van der Waals surface area contributed by atoms with Crippen LogP contribution in [0.1, 0.15) is 26.3 Å². The van der Waals surface area contributed by atoms with E-state index in [2.05, 4.69) is 5.16 Å². The van der Waals surface area contributed by atoms with Gasteiger partial charge in [0.2, 0.25) is 0 Å². The summed E-state index contributed by atoms with van der Waals surface area (Å²) in [6.07, 6.45) is 0. The van der Waals surface area contributed by atoms with Gasteiger partial charge in [0, 0.05) is 5.41 Å². The molecule has 1 N–H and O–H groups in total. The molecule has 0 heterocycles. The molecule has 1 aromatic rings. The lowest BCUT2D eigenvalue weighted by Gasteiger charge is -2.18. The van der Waals surface area contributed by atoms with Crippen molar-refractivity contribution >= 4 is 5.71 Å². The molecule has 0 fully saturated rings. The van der Waals surface area contributed by atoms with Gasteiger partial charge in [-0.1, -0.05) is 56.3 Å². The largest absolute Gasteiger partial charge is 0.391 e. The highest BCUT2D eigenvalue weighted by molar-refractivity contribution is 5.89. The fourth-order valence-corrected chi connectivity index (χ4v) is 1.16. The number of hydrogen-bond donors (Lipinski definition) is 1. The van der Waals surface area contributed by atoms with Crippen molar-refractivity contribution in [3.8, 4) is 0 Å². The Morgan fingerprint density at radius 2 is 1.88 bits per heavy atom. The first-order valence-electron chi connectivity index (χ1n) is 5.38. The van der Waals surface area contributed by atoms with E-state index >= 15 is 0 Å². The molecule has 1 aromatic carbocycles. The van der Waals surface area contributed by atoms with Gasteiger partial charge < -0.3 is 9.94 Å². The van der Waals surface area contributed by atoms with Gasteiger partial charge in [0.05, 0.1) is 12.3 Å². The summed E-state index contributed by atoms with van der Waals surface area (Å²) in [6.45, 7) is 6.34. The van der Waals surface area contributed by atoms with E-state index in [0.717, 1.165) is 5.56 Å². The van der Waals surface area contributed by atoms with E-state index < -0.39 is 0 Å². The summed E-state index contributed by atoms with van der Waals surface area (Å²) < 4.78 is 0. The van der Waals surface area contributed by atoms with E-state index in [4.69, 9.17) is 9.94 Å². The van der Waals surface area contributed by atoms with Gasteiger partial charge in [-0.3, -0.25) is 0 Å². The molecule has 0 aliphatic rings. The van der Waals surface area contributed by atoms with Crippen LogP contribution in [-0.2, 0) is 11.4 Å². The highest BCUT2D eigenvalue weighted by atomic mass is 16.6. The topological polar surface area (TPSA) is 41.8 Å². The van der Waals surface area contributed by atoms with Crippen molar-refractivity contribution in [3.63, 3.8) is 0 Å². The Hall–Kier alpha value is -1.35. The normalized spacial score (nSPS) is 12.6. The smallest absolute Gasteiger partial charge is 0.142 e. The average Bonchev–Trinajstić information content (AvgIpc) is 2.24. The molecular weight excluding hydrogens is 202 g/mol. The number of oxime groups is 1. The van der Waals surface area contributed by atoms with Crippen molar-refractivity contribution in [2.24, 2.45) is 10.6 Å². The summed E-state index contributed by atoms with van der Waals surface area (Å²) in [6, 6.07) is 9.83. The molecule has 0 spiro atoms. The molecule has 88 valence electrons. The summed E-state index contributed by atoms with van der Waals surface area (Å²) >= 11 is 0. The van der Waals surface area contributed by atoms with Crippen molar-refractivity contribution in [1.29, 1.82) is 0 Å². The number of aliphatic hydroxyl groups is 1. The molecule has 0 aliphatic carbocycles. The van der Waals surface area contributed by atoms with E-state index in [0.29, 0.717) is 12.3 Å². The minimum Gasteiger partial charge on any atom is -0.391 e. The van der Waals surface area contributed by atoms with Gasteiger partial charge in [-0.15, -0.1) is 0 Å². The zero-order valence-corrected chi connectivity index (χ0v) is 10.1. The van der Waals surface area contributed by atoms with Crippen LogP contribution in [0.2, 0.25) is 0 Å². The summed E-state index contributed by atoms with van der Waals surface area (Å²) in [4.78, 5) is 5.23. The first kappa shape index (κ1) is 12.7. The second-order valence-corrected chi connectivity index (χ2v) is 4.71. The Bertz CT molecular complexity index is 339. The average molecular weight is 221 g/mol. The van der Waals surface area contributed by atoms with Gasteiger partial charge >= 0.3 is 0 Å². The van der Waals surface area contributed by atoms with Crippen LogP contribution < -0.4 is 0 Å². The number of rotatable bonds is 4. The Morgan fingerprint density at radius 1 is 1.25 bits per heavy atom. The molecule has 1 rings (SSSR count). The van der Waals surface area contributed by atoms with Gasteiger partial charge in [-0.05, 0) is 5.56 Å². The van der Waals surface area contributed by atoms with E-state index in [1.54, 1.807) is 0 Å². The molecular formula is C13H19NO2. The third kappa shape index (κ3) is 4.03. The van der Waals surface area contributed by atoms with Gasteiger partial charge in [0.1, 0.15) is 6.61 Å². The lowest BCUT2D eigenvalue weighted by molar-refractivity contribution is 0.125. The van der Waals surface area contributed by atoms with Gasteiger partial charge in [-0.25, -0.2) is 0 Å². The van der Waals surface area contributed by atoms with Crippen LogP contribution in [0.5, 0.6) is 0 Å². The maximum Gasteiger partial charge on any atom is 0.142 e. The third-order valence-electron chi connectivity index (χ3n) is 2.26. The van der Waals surface area contributed by atoms with Crippen LogP contribution in [0.15, 0.2) is 35.5 Å². The summed E-state index contributed by atoms with van der Waals surface area (Å²) in [5.41, 5.74) is 1.56. The van der Waals surface area contributed by atoms with E-state index in [9.17, 15) is 0 Å². The highest BCUT2D eigenvalue weighted by Crippen LogP contribution is 2.16. The quantitative estimate of drug-likeness (QED) is 0.627. The molecule has 0 radical (unpaired) electrons. The maximum absolute atomic E-state index is 9.15. The number of nitrogens with zero attached hydrogens (tertiary/aromatic N) is 1. The van der Waals surface area contributed by atoms with Crippen molar-refractivity contribution in [1.82, 2.24) is 0 Å². The number of hydrogen-bond acceptors (Lipinski definition) is 3. The van der Waals surface area contributed by atoms with Crippen LogP contribution >= 0.6 is 0 Å². The van der Waals surface area contributed by atoms with Crippen molar-refractivity contribution in [2.75, 3.05) is 6.61 Å². The predicted molar refractivity (Wildman–Crippen MR) is 65.2 cm³/mol. The lowest BCUT2D eigenvalue weighted by Crippen LogP contribution is -2.24. The fourth-order valence-electron chi connectivity index (χ4n) is 1.16. The molecule has 16 heavy (non-hydrogen) atoms. The Morgan fingerprint density at radius 3 is 2.38 bits per heavy atom. The van der Waals surface area contributed by atoms with Gasteiger partial charge in [0.25, 0.3) is 0 Å². The molecule has 0 saturated heterocycles. The molecule has 0 atom stereocenters. The molecule has 0 unspecified atom stereocenters. The van der Waals surface area contributed by atoms with Gasteiger partial charge in [-0.2, -0.15) is 0 Å². The van der Waals surface area contributed by atoms with Crippen molar-refractivity contribution in [3.05, 3.63) is 35.9 Å². The summed E-state index contributed by atoms with van der Waals surface area (Å²) in [5.74, 6) is 0. The van der Waals surface area contributed by atoms with E-state index in [-0.39, 0.29) is 12.0 Å². The highest BCUT2D eigenvalue weighted by Gasteiger charge is 2.18. The second kappa shape index (κ2) is 5.66. The van der Waals surface area contributed by atoms with Crippen molar-refractivity contribution < 1.29 is 9.94 Å². The first-order chi connectivity index (χ1) is 7.54. The van der Waals surface area contributed by atoms with Crippen LogP contribution in [0.3, 0.4) is 0 Å². The number of aliphatic hydroxyl groups excluding tert-OH is 1. The first-order valence-corrected chi connectivity index (χ1v) is 5.38. The molecule has 0 amide bonds. The Labute approximate surface area is 96.7 Å².